The topological polar surface area (TPSA) is 75.6 Å². The molecule has 0 spiro atoms. The van der Waals surface area contributed by atoms with Gasteiger partial charge in [0.15, 0.2) is 0 Å². The van der Waals surface area contributed by atoms with Gasteiger partial charge in [0.05, 0.1) is 19.3 Å². The Balaban J connectivity index is 1.98. The van der Waals surface area contributed by atoms with E-state index in [0.29, 0.717) is 0 Å². The van der Waals surface area contributed by atoms with Crippen LogP contribution >= 0.6 is 15.9 Å². The number of carboxylic acids is 1. The predicted molar refractivity (Wildman–Crippen MR) is 81.7 cm³/mol. The molecule has 0 saturated carbocycles. The van der Waals surface area contributed by atoms with Gasteiger partial charge in [-0.1, -0.05) is 28.1 Å². The molecule has 5 nitrogen and oxygen atoms in total. The first-order valence-electron chi connectivity index (χ1n) is 6.47. The molecule has 1 amide bonds. The molecule has 21 heavy (non-hydrogen) atoms. The zero-order valence-corrected chi connectivity index (χ0v) is 13.1. The second kappa shape index (κ2) is 6.41. The van der Waals surface area contributed by atoms with Crippen LogP contribution in [0.5, 0.6) is 0 Å². The van der Waals surface area contributed by atoms with Crippen LogP contribution in [0, 0.1) is 5.41 Å². The molecule has 1 aliphatic rings. The summed E-state index contributed by atoms with van der Waals surface area (Å²) in [6.45, 7) is 1.89. The van der Waals surface area contributed by atoms with Gasteiger partial charge in [-0.15, -0.1) is 0 Å². The number of carboxylic acid groups (broad SMARTS) is 1. The highest BCUT2D eigenvalue weighted by atomic mass is 79.9. The van der Waals surface area contributed by atoms with E-state index in [1.54, 1.807) is 13.0 Å². The molecule has 2 atom stereocenters. The van der Waals surface area contributed by atoms with Gasteiger partial charge in [0.2, 0.25) is 5.91 Å². The van der Waals surface area contributed by atoms with Crippen LogP contribution in [0.4, 0.5) is 0 Å². The molecule has 2 unspecified atom stereocenters. The molecule has 0 aromatic heterocycles. The number of hydrogen-bond donors (Lipinski definition) is 2. The van der Waals surface area contributed by atoms with Crippen LogP contribution in [0.25, 0.3) is 6.08 Å². The summed E-state index contributed by atoms with van der Waals surface area (Å²) in [6.07, 6.45) is 3.07. The highest BCUT2D eigenvalue weighted by Gasteiger charge is 2.47. The quantitative estimate of drug-likeness (QED) is 0.812. The number of halogens is 1. The van der Waals surface area contributed by atoms with Gasteiger partial charge in [0, 0.05) is 10.5 Å². The van der Waals surface area contributed by atoms with E-state index in [0.717, 1.165) is 10.0 Å². The van der Waals surface area contributed by atoms with Crippen LogP contribution in [-0.2, 0) is 14.3 Å². The highest BCUT2D eigenvalue weighted by Crippen LogP contribution is 2.28. The van der Waals surface area contributed by atoms with E-state index in [9.17, 15) is 14.7 Å². The average Bonchev–Trinajstić information content (AvgIpc) is 2.81. The first-order valence-corrected chi connectivity index (χ1v) is 7.26. The lowest BCUT2D eigenvalue weighted by atomic mass is 9.85. The summed E-state index contributed by atoms with van der Waals surface area (Å²) in [6, 6.07) is 6.97. The third-order valence-electron chi connectivity index (χ3n) is 3.56. The Morgan fingerprint density at radius 1 is 1.43 bits per heavy atom. The van der Waals surface area contributed by atoms with Crippen LogP contribution in [0.2, 0.25) is 0 Å². The largest absolute Gasteiger partial charge is 0.481 e. The number of ether oxygens (including phenoxy) is 1. The van der Waals surface area contributed by atoms with E-state index in [1.807, 2.05) is 24.3 Å². The summed E-state index contributed by atoms with van der Waals surface area (Å²) in [4.78, 5) is 23.2. The third kappa shape index (κ3) is 3.71. The minimum atomic E-state index is -1.08. The molecule has 6 heteroatoms. The fourth-order valence-electron chi connectivity index (χ4n) is 2.05. The summed E-state index contributed by atoms with van der Waals surface area (Å²) in [5.74, 6) is -1.30. The maximum Gasteiger partial charge on any atom is 0.313 e. The standard InChI is InChI=1S/C15H16BrNO4/c1-15(14(19)20)9-21-8-12(15)17-13(18)7-4-10-2-5-11(16)6-3-10/h2-7,12H,8-9H2,1H3,(H,17,18)(H,19,20). The lowest BCUT2D eigenvalue weighted by Gasteiger charge is -2.24. The summed E-state index contributed by atoms with van der Waals surface area (Å²) < 4.78 is 6.15. The first kappa shape index (κ1) is 15.7. The van der Waals surface area contributed by atoms with Crippen molar-refractivity contribution in [3.05, 3.63) is 40.4 Å². The van der Waals surface area contributed by atoms with Crippen molar-refractivity contribution < 1.29 is 19.4 Å². The normalized spacial score (nSPS) is 25.1. The molecule has 1 heterocycles. The van der Waals surface area contributed by atoms with Crippen LogP contribution in [0.3, 0.4) is 0 Å². The Labute approximate surface area is 131 Å². The van der Waals surface area contributed by atoms with E-state index < -0.39 is 17.4 Å². The number of carbonyl (C=O) groups excluding carboxylic acids is 1. The third-order valence-corrected chi connectivity index (χ3v) is 4.09. The number of aliphatic carboxylic acids is 1. The van der Waals surface area contributed by atoms with Gasteiger partial charge in [0.1, 0.15) is 5.41 Å². The van der Waals surface area contributed by atoms with Gasteiger partial charge in [-0.3, -0.25) is 9.59 Å². The van der Waals surface area contributed by atoms with E-state index in [2.05, 4.69) is 21.2 Å². The lowest BCUT2D eigenvalue weighted by Crippen LogP contribution is -2.49. The number of nitrogens with one attached hydrogen (secondary N) is 1. The van der Waals surface area contributed by atoms with E-state index >= 15 is 0 Å². The van der Waals surface area contributed by atoms with Gasteiger partial charge in [0.25, 0.3) is 0 Å². The van der Waals surface area contributed by atoms with Crippen molar-refractivity contribution in [1.29, 1.82) is 0 Å². The van der Waals surface area contributed by atoms with Crippen molar-refractivity contribution >= 4 is 33.9 Å². The van der Waals surface area contributed by atoms with Crippen molar-refractivity contribution in [2.24, 2.45) is 5.41 Å². The predicted octanol–water partition coefficient (Wildman–Crippen LogP) is 2.07. The summed E-state index contributed by atoms with van der Waals surface area (Å²) in [7, 11) is 0. The smallest absolute Gasteiger partial charge is 0.313 e. The Morgan fingerprint density at radius 2 is 2.10 bits per heavy atom. The van der Waals surface area contributed by atoms with Crippen molar-refractivity contribution in [3.63, 3.8) is 0 Å². The van der Waals surface area contributed by atoms with Gasteiger partial charge in [-0.25, -0.2) is 0 Å². The molecule has 0 bridgehead atoms. The second-order valence-corrected chi connectivity index (χ2v) is 6.10. The molecule has 1 fully saturated rings. The Morgan fingerprint density at radius 3 is 2.71 bits per heavy atom. The van der Waals surface area contributed by atoms with E-state index in [4.69, 9.17) is 4.74 Å². The molecule has 0 radical (unpaired) electrons. The molecular formula is C15H16BrNO4. The van der Waals surface area contributed by atoms with Crippen molar-refractivity contribution in [1.82, 2.24) is 5.32 Å². The molecule has 1 saturated heterocycles. The van der Waals surface area contributed by atoms with Crippen LogP contribution < -0.4 is 5.32 Å². The summed E-state index contributed by atoms with van der Waals surface area (Å²) >= 11 is 3.34. The molecule has 0 aliphatic carbocycles. The van der Waals surface area contributed by atoms with E-state index in [1.165, 1.54) is 6.08 Å². The van der Waals surface area contributed by atoms with Crippen molar-refractivity contribution in [2.45, 2.75) is 13.0 Å². The maximum atomic E-state index is 11.9. The Kier molecular flexibility index (Phi) is 4.80. The number of benzene rings is 1. The number of carbonyl (C=O) groups is 2. The Hall–Kier alpha value is -1.66. The van der Waals surface area contributed by atoms with Gasteiger partial charge >= 0.3 is 5.97 Å². The molecule has 112 valence electrons. The second-order valence-electron chi connectivity index (χ2n) is 5.18. The highest BCUT2D eigenvalue weighted by molar-refractivity contribution is 9.10. The Bertz CT molecular complexity index is 570. The van der Waals surface area contributed by atoms with Crippen LogP contribution in [-0.4, -0.2) is 36.2 Å². The molecule has 1 aromatic carbocycles. The number of rotatable bonds is 4. The molecule has 2 rings (SSSR count). The fourth-order valence-corrected chi connectivity index (χ4v) is 2.32. The van der Waals surface area contributed by atoms with Gasteiger partial charge < -0.3 is 15.2 Å². The number of amides is 1. The monoisotopic (exact) mass is 353 g/mol. The fraction of sp³-hybridized carbons (Fsp3) is 0.333. The minimum Gasteiger partial charge on any atom is -0.481 e. The molecule has 1 aromatic rings. The first-order chi connectivity index (χ1) is 9.91. The average molecular weight is 354 g/mol. The van der Waals surface area contributed by atoms with Gasteiger partial charge in [-0.05, 0) is 30.7 Å². The summed E-state index contributed by atoms with van der Waals surface area (Å²) in [5, 5.41) is 11.9. The minimum absolute atomic E-state index is 0.101. The zero-order valence-electron chi connectivity index (χ0n) is 11.5. The zero-order chi connectivity index (χ0) is 15.5. The van der Waals surface area contributed by atoms with Crippen molar-refractivity contribution in [3.8, 4) is 0 Å². The van der Waals surface area contributed by atoms with E-state index in [-0.39, 0.29) is 19.1 Å². The van der Waals surface area contributed by atoms with Gasteiger partial charge in [-0.2, -0.15) is 0 Å². The number of hydrogen-bond acceptors (Lipinski definition) is 3. The van der Waals surface area contributed by atoms with Crippen molar-refractivity contribution in [2.75, 3.05) is 13.2 Å². The lowest BCUT2D eigenvalue weighted by molar-refractivity contribution is -0.148. The molecule has 1 aliphatic heterocycles. The van der Waals surface area contributed by atoms with Crippen LogP contribution in [0.1, 0.15) is 12.5 Å². The van der Waals surface area contributed by atoms with Crippen LogP contribution in [0.15, 0.2) is 34.8 Å². The SMILES string of the molecule is CC1(C(=O)O)COCC1NC(=O)C=Cc1ccc(Br)cc1. The summed E-state index contributed by atoms with van der Waals surface area (Å²) in [5.41, 5.74) is -0.196. The maximum absolute atomic E-state index is 11.9. The molecule has 2 N–H and O–H groups in total. The molecular weight excluding hydrogens is 338 g/mol.